The fourth-order valence-corrected chi connectivity index (χ4v) is 3.86. The minimum absolute atomic E-state index is 0.0821. The van der Waals surface area contributed by atoms with Gasteiger partial charge in [0.2, 0.25) is 0 Å². The number of para-hydroxylation sites is 1. The number of hydrogen-bond donors (Lipinski definition) is 1. The number of rotatable bonds is 6. The number of ketones is 1. The van der Waals surface area contributed by atoms with Crippen LogP contribution in [0.25, 0.3) is 5.70 Å². The zero-order valence-electron chi connectivity index (χ0n) is 16.6. The molecular formula is C26H22N2O2. The highest BCUT2D eigenvalue weighted by atomic mass is 16.5. The third kappa shape index (κ3) is 3.95. The van der Waals surface area contributed by atoms with Crippen molar-refractivity contribution in [2.45, 2.75) is 26.1 Å². The van der Waals surface area contributed by atoms with Crippen molar-refractivity contribution >= 4 is 28.6 Å². The van der Waals surface area contributed by atoms with Gasteiger partial charge in [-0.05, 0) is 41.0 Å². The number of benzene rings is 3. The van der Waals surface area contributed by atoms with Gasteiger partial charge in [0.25, 0.3) is 0 Å². The summed E-state index contributed by atoms with van der Waals surface area (Å²) in [5.41, 5.74) is 7.96. The lowest BCUT2D eigenvalue weighted by Gasteiger charge is -2.08. The molecule has 0 aromatic heterocycles. The number of hydrogen-bond acceptors (Lipinski definition) is 4. The topological polar surface area (TPSA) is 50.7 Å². The Morgan fingerprint density at radius 1 is 0.900 bits per heavy atom. The molecule has 0 radical (unpaired) electrons. The molecule has 0 bridgehead atoms. The third-order valence-electron chi connectivity index (χ3n) is 5.44. The van der Waals surface area contributed by atoms with Crippen LogP contribution in [0.5, 0.6) is 0 Å². The zero-order valence-corrected chi connectivity index (χ0v) is 16.6. The summed E-state index contributed by atoms with van der Waals surface area (Å²) >= 11 is 0. The van der Waals surface area contributed by atoms with E-state index in [1.54, 1.807) is 0 Å². The number of Topliss-reactive ketones (excluding diaryl/α,β-unsaturated/α-hetero) is 1. The van der Waals surface area contributed by atoms with Crippen LogP contribution in [0.1, 0.15) is 28.7 Å². The van der Waals surface area contributed by atoms with E-state index >= 15 is 0 Å². The number of fused-ring (bicyclic) bond motifs is 1. The first-order valence-electron chi connectivity index (χ1n) is 10.2. The van der Waals surface area contributed by atoms with E-state index < -0.39 is 0 Å². The largest absolute Gasteiger partial charge is 0.372 e. The minimum atomic E-state index is 0.0821. The number of allylic oxidation sites excluding steroid dienone is 1. The van der Waals surface area contributed by atoms with Crippen molar-refractivity contribution in [2.75, 3.05) is 5.32 Å². The summed E-state index contributed by atoms with van der Waals surface area (Å²) in [4.78, 5) is 17.4. The van der Waals surface area contributed by atoms with E-state index in [2.05, 4.69) is 28.5 Å². The second kappa shape index (κ2) is 8.09. The molecule has 4 nitrogen and oxygen atoms in total. The van der Waals surface area contributed by atoms with E-state index in [0.29, 0.717) is 31.8 Å². The van der Waals surface area contributed by atoms with E-state index in [4.69, 9.17) is 4.74 Å². The number of aliphatic imine (C=N–C) groups is 1. The monoisotopic (exact) mass is 394 g/mol. The summed E-state index contributed by atoms with van der Waals surface area (Å²) in [5.74, 6) is 0.0821. The molecule has 5 rings (SSSR count). The van der Waals surface area contributed by atoms with Crippen LogP contribution in [-0.4, -0.2) is 11.5 Å². The van der Waals surface area contributed by atoms with Gasteiger partial charge in [0, 0.05) is 29.8 Å². The fourth-order valence-electron chi connectivity index (χ4n) is 3.86. The number of ether oxygens (including phenoxy) is 1. The van der Waals surface area contributed by atoms with E-state index in [1.165, 1.54) is 11.1 Å². The normalized spacial score (nSPS) is 14.8. The highest BCUT2D eigenvalue weighted by Gasteiger charge is 2.19. The summed E-state index contributed by atoms with van der Waals surface area (Å²) < 4.78 is 5.46. The van der Waals surface area contributed by atoms with Crippen LogP contribution < -0.4 is 5.32 Å². The molecule has 0 amide bonds. The van der Waals surface area contributed by atoms with Gasteiger partial charge in [-0.1, -0.05) is 54.6 Å². The number of nitrogens with zero attached hydrogens (tertiary/aromatic N) is 1. The maximum Gasteiger partial charge on any atom is 0.181 e. The molecule has 2 aliphatic heterocycles. The quantitative estimate of drug-likeness (QED) is 0.604. The molecule has 2 aliphatic rings. The highest BCUT2D eigenvalue weighted by molar-refractivity contribution is 6.42. The average molecular weight is 394 g/mol. The molecule has 0 saturated heterocycles. The van der Waals surface area contributed by atoms with Crippen LogP contribution in [0, 0.1) is 0 Å². The van der Waals surface area contributed by atoms with Crippen molar-refractivity contribution in [3.05, 3.63) is 101 Å². The van der Waals surface area contributed by atoms with E-state index in [9.17, 15) is 4.79 Å². The van der Waals surface area contributed by atoms with Gasteiger partial charge in [-0.3, -0.25) is 4.79 Å². The van der Waals surface area contributed by atoms with Crippen molar-refractivity contribution in [1.82, 2.24) is 0 Å². The van der Waals surface area contributed by atoms with Crippen LogP contribution >= 0.6 is 0 Å². The molecule has 0 unspecified atom stereocenters. The highest BCUT2D eigenvalue weighted by Crippen LogP contribution is 2.27. The van der Waals surface area contributed by atoms with E-state index in [0.717, 1.165) is 28.2 Å². The number of anilines is 2. The van der Waals surface area contributed by atoms with E-state index in [1.807, 2.05) is 60.7 Å². The van der Waals surface area contributed by atoms with Crippen LogP contribution in [0.4, 0.5) is 11.4 Å². The van der Waals surface area contributed by atoms with Gasteiger partial charge >= 0.3 is 0 Å². The third-order valence-corrected chi connectivity index (χ3v) is 5.44. The number of carbonyl (C=O) groups is 1. The summed E-state index contributed by atoms with van der Waals surface area (Å²) in [6.45, 7) is 1.30. The molecule has 3 aromatic carbocycles. The van der Waals surface area contributed by atoms with Gasteiger partial charge in [0.1, 0.15) is 0 Å². The molecule has 0 atom stereocenters. The van der Waals surface area contributed by atoms with Crippen LogP contribution in [-0.2, 0) is 29.2 Å². The lowest BCUT2D eigenvalue weighted by Crippen LogP contribution is -2.14. The zero-order chi connectivity index (χ0) is 20.3. The predicted octanol–water partition coefficient (Wildman–Crippen LogP) is 5.46. The Kier molecular flexibility index (Phi) is 4.99. The van der Waals surface area contributed by atoms with E-state index in [-0.39, 0.29) is 5.78 Å². The minimum Gasteiger partial charge on any atom is -0.372 e. The second-order valence-corrected chi connectivity index (χ2v) is 7.62. The van der Waals surface area contributed by atoms with Crippen LogP contribution in [0.2, 0.25) is 0 Å². The van der Waals surface area contributed by atoms with Gasteiger partial charge < -0.3 is 10.1 Å². The Morgan fingerprint density at radius 2 is 1.73 bits per heavy atom. The van der Waals surface area contributed by atoms with Crippen molar-refractivity contribution in [3.63, 3.8) is 0 Å². The molecule has 2 heterocycles. The van der Waals surface area contributed by atoms with Crippen molar-refractivity contribution < 1.29 is 9.53 Å². The summed E-state index contributed by atoms with van der Waals surface area (Å²) in [6, 6.07) is 24.4. The molecule has 0 saturated carbocycles. The van der Waals surface area contributed by atoms with Gasteiger partial charge in [0.05, 0.1) is 24.6 Å². The molecule has 0 fully saturated rings. The van der Waals surface area contributed by atoms with Crippen molar-refractivity contribution in [1.29, 1.82) is 0 Å². The molecule has 30 heavy (non-hydrogen) atoms. The molecule has 1 N–H and O–H groups in total. The molecule has 148 valence electrons. The smallest absolute Gasteiger partial charge is 0.181 e. The average Bonchev–Trinajstić information content (AvgIpc) is 3.44. The molecule has 0 spiro atoms. The van der Waals surface area contributed by atoms with Crippen molar-refractivity contribution in [3.8, 4) is 0 Å². The fraction of sp³-hybridized carbons (Fsp3) is 0.154. The maximum atomic E-state index is 12.8. The number of nitrogens with one attached hydrogen (secondary N) is 1. The lowest BCUT2D eigenvalue weighted by atomic mass is 10.0. The standard InChI is InChI=1S/C26H22N2O2/c29-26(14-18-9-10-20-16-30-17-21(20)13-18)25-12-11-24(28-25)19-5-4-8-23(15-19)27-22-6-2-1-3-7-22/h1-11,13,15,27H,12,14,16-17H2. The summed E-state index contributed by atoms with van der Waals surface area (Å²) in [7, 11) is 0. The first-order chi connectivity index (χ1) is 14.7. The SMILES string of the molecule is O=C(Cc1ccc2c(c1)COC2)C1=NC(c2cccc(Nc3ccccc3)c2)=CC1. The molecule has 4 heteroatoms. The Morgan fingerprint density at radius 3 is 2.63 bits per heavy atom. The van der Waals surface area contributed by atoms with Crippen LogP contribution in [0.3, 0.4) is 0 Å². The molecule has 3 aromatic rings. The summed E-state index contributed by atoms with van der Waals surface area (Å²) in [6.07, 6.45) is 2.99. The van der Waals surface area contributed by atoms with Gasteiger partial charge in [-0.15, -0.1) is 0 Å². The first-order valence-corrected chi connectivity index (χ1v) is 10.2. The number of carbonyl (C=O) groups excluding carboxylic acids is 1. The van der Waals surface area contributed by atoms with Gasteiger partial charge in [-0.2, -0.15) is 0 Å². The van der Waals surface area contributed by atoms with Gasteiger partial charge in [-0.25, -0.2) is 4.99 Å². The first kappa shape index (κ1) is 18.5. The predicted molar refractivity (Wildman–Crippen MR) is 120 cm³/mol. The van der Waals surface area contributed by atoms with Crippen molar-refractivity contribution in [2.24, 2.45) is 4.99 Å². The Labute approximate surface area is 175 Å². The van der Waals surface area contributed by atoms with Crippen LogP contribution in [0.15, 0.2) is 83.9 Å². The Balaban J connectivity index is 1.28. The Hall–Kier alpha value is -3.50. The second-order valence-electron chi connectivity index (χ2n) is 7.62. The van der Waals surface area contributed by atoms with Gasteiger partial charge in [0.15, 0.2) is 5.78 Å². The molecule has 0 aliphatic carbocycles. The Bertz CT molecular complexity index is 1160. The lowest BCUT2D eigenvalue weighted by molar-refractivity contribution is -0.112. The summed E-state index contributed by atoms with van der Waals surface area (Å²) in [5, 5.41) is 3.40. The molecular weight excluding hydrogens is 372 g/mol. The maximum absolute atomic E-state index is 12.8.